The zero-order valence-electron chi connectivity index (χ0n) is 15.9. The van der Waals surface area contributed by atoms with Gasteiger partial charge in [-0.05, 0) is 48.9 Å². The summed E-state index contributed by atoms with van der Waals surface area (Å²) in [4.78, 5) is 19.2. The lowest BCUT2D eigenvalue weighted by Gasteiger charge is -2.27. The largest absolute Gasteiger partial charge is 0.490 e. The number of benzene rings is 1. The van der Waals surface area contributed by atoms with Gasteiger partial charge in [-0.1, -0.05) is 19.4 Å². The SMILES string of the molecule is CCCCOc1ccc(C=C2SC(N3CCOCC3)=NC2=O)cc1OCC. The number of amidine groups is 1. The molecule has 0 aliphatic carbocycles. The molecule has 0 saturated carbocycles. The molecule has 0 aromatic heterocycles. The van der Waals surface area contributed by atoms with Gasteiger partial charge in [-0.2, -0.15) is 4.99 Å². The lowest BCUT2D eigenvalue weighted by Crippen LogP contribution is -2.38. The Morgan fingerprint density at radius 3 is 2.78 bits per heavy atom. The Morgan fingerprint density at radius 2 is 2.04 bits per heavy atom. The minimum absolute atomic E-state index is 0.192. The molecule has 146 valence electrons. The second-order valence-corrected chi connectivity index (χ2v) is 7.26. The molecule has 0 atom stereocenters. The van der Waals surface area contributed by atoms with E-state index in [4.69, 9.17) is 14.2 Å². The van der Waals surface area contributed by atoms with Crippen molar-refractivity contribution in [2.24, 2.45) is 4.99 Å². The van der Waals surface area contributed by atoms with Gasteiger partial charge in [0.25, 0.3) is 5.91 Å². The number of ether oxygens (including phenoxy) is 3. The lowest BCUT2D eigenvalue weighted by atomic mass is 10.2. The number of unbranched alkanes of at least 4 members (excludes halogenated alkanes) is 1. The van der Waals surface area contributed by atoms with Gasteiger partial charge < -0.3 is 19.1 Å². The molecule has 2 aliphatic heterocycles. The fourth-order valence-corrected chi connectivity index (χ4v) is 3.73. The summed E-state index contributed by atoms with van der Waals surface area (Å²) in [6.07, 6.45) is 3.95. The average Bonchev–Trinajstić information content (AvgIpc) is 3.05. The van der Waals surface area contributed by atoms with Crippen molar-refractivity contribution >= 4 is 28.9 Å². The van der Waals surface area contributed by atoms with E-state index < -0.39 is 0 Å². The zero-order chi connectivity index (χ0) is 19.1. The van der Waals surface area contributed by atoms with Crippen molar-refractivity contribution in [1.29, 1.82) is 0 Å². The van der Waals surface area contributed by atoms with E-state index in [0.29, 0.717) is 37.1 Å². The predicted octanol–water partition coefficient (Wildman–Crippen LogP) is 3.57. The van der Waals surface area contributed by atoms with Crippen molar-refractivity contribution in [2.75, 3.05) is 39.5 Å². The van der Waals surface area contributed by atoms with Crippen LogP contribution >= 0.6 is 11.8 Å². The van der Waals surface area contributed by atoms with Crippen molar-refractivity contribution in [3.8, 4) is 11.5 Å². The van der Waals surface area contributed by atoms with Gasteiger partial charge in [0.1, 0.15) is 0 Å². The van der Waals surface area contributed by atoms with Gasteiger partial charge in [-0.25, -0.2) is 0 Å². The van der Waals surface area contributed by atoms with Gasteiger partial charge in [-0.3, -0.25) is 4.79 Å². The molecule has 2 heterocycles. The maximum Gasteiger partial charge on any atom is 0.286 e. The maximum atomic E-state index is 12.3. The van der Waals surface area contributed by atoms with Crippen molar-refractivity contribution in [3.05, 3.63) is 28.7 Å². The van der Waals surface area contributed by atoms with Gasteiger partial charge in [0.05, 0.1) is 31.3 Å². The average molecular weight is 391 g/mol. The molecule has 0 bridgehead atoms. The van der Waals surface area contributed by atoms with E-state index in [-0.39, 0.29) is 5.91 Å². The zero-order valence-corrected chi connectivity index (χ0v) is 16.7. The summed E-state index contributed by atoms with van der Waals surface area (Å²) >= 11 is 1.42. The molecule has 2 aliphatic rings. The maximum absolute atomic E-state index is 12.3. The second-order valence-electron chi connectivity index (χ2n) is 6.25. The van der Waals surface area contributed by atoms with Crippen LogP contribution in [0.5, 0.6) is 11.5 Å². The molecule has 0 spiro atoms. The fraction of sp³-hybridized carbons (Fsp3) is 0.500. The number of aliphatic imine (C=N–C) groups is 1. The number of amides is 1. The summed E-state index contributed by atoms with van der Waals surface area (Å²) in [5.74, 6) is 1.25. The topological polar surface area (TPSA) is 60.4 Å². The molecule has 7 heteroatoms. The molecule has 1 saturated heterocycles. The van der Waals surface area contributed by atoms with Gasteiger partial charge in [0.15, 0.2) is 16.7 Å². The van der Waals surface area contributed by atoms with E-state index in [1.54, 1.807) is 0 Å². The Labute approximate surface area is 164 Å². The van der Waals surface area contributed by atoms with Crippen LogP contribution in [0.1, 0.15) is 32.3 Å². The molecule has 3 rings (SSSR count). The highest BCUT2D eigenvalue weighted by molar-refractivity contribution is 8.18. The van der Waals surface area contributed by atoms with Crippen LogP contribution < -0.4 is 9.47 Å². The van der Waals surface area contributed by atoms with E-state index in [0.717, 1.165) is 42.4 Å². The minimum Gasteiger partial charge on any atom is -0.490 e. The summed E-state index contributed by atoms with van der Waals surface area (Å²) in [5.41, 5.74) is 0.899. The van der Waals surface area contributed by atoms with Gasteiger partial charge in [0.2, 0.25) is 0 Å². The van der Waals surface area contributed by atoms with Crippen LogP contribution in [0.3, 0.4) is 0 Å². The molecular formula is C20H26N2O4S. The molecule has 0 radical (unpaired) electrons. The number of thioether (sulfide) groups is 1. The summed E-state index contributed by atoms with van der Waals surface area (Å²) in [5, 5.41) is 0.763. The number of hydrogen-bond donors (Lipinski definition) is 0. The quantitative estimate of drug-likeness (QED) is 0.524. The normalized spacial score (nSPS) is 18.7. The number of morpholine rings is 1. The van der Waals surface area contributed by atoms with Gasteiger partial charge >= 0.3 is 0 Å². The van der Waals surface area contributed by atoms with E-state index in [1.165, 1.54) is 11.8 Å². The molecule has 1 amide bonds. The molecule has 1 aromatic rings. The van der Waals surface area contributed by atoms with Gasteiger partial charge in [-0.15, -0.1) is 0 Å². The summed E-state index contributed by atoms with van der Waals surface area (Å²) in [6.45, 7) is 8.18. The molecular weight excluding hydrogens is 364 g/mol. The number of carbonyl (C=O) groups excluding carboxylic acids is 1. The minimum atomic E-state index is -0.192. The summed E-state index contributed by atoms with van der Waals surface area (Å²) < 4.78 is 16.9. The Balaban J connectivity index is 1.72. The Hall–Kier alpha value is -1.99. The number of hydrogen-bond acceptors (Lipinski definition) is 6. The van der Waals surface area contributed by atoms with E-state index in [9.17, 15) is 4.79 Å². The summed E-state index contributed by atoms with van der Waals surface area (Å²) in [7, 11) is 0. The van der Waals surface area contributed by atoms with Crippen LogP contribution in [0.4, 0.5) is 0 Å². The fourth-order valence-electron chi connectivity index (χ4n) is 2.77. The molecule has 27 heavy (non-hydrogen) atoms. The van der Waals surface area contributed by atoms with Crippen molar-refractivity contribution in [2.45, 2.75) is 26.7 Å². The second kappa shape index (κ2) is 9.80. The third-order valence-electron chi connectivity index (χ3n) is 4.21. The molecule has 0 N–H and O–H groups in total. The smallest absolute Gasteiger partial charge is 0.286 e. The monoisotopic (exact) mass is 390 g/mol. The molecule has 1 fully saturated rings. The van der Waals surface area contributed by atoms with Crippen LogP contribution in [0.25, 0.3) is 6.08 Å². The van der Waals surface area contributed by atoms with Crippen molar-refractivity contribution < 1.29 is 19.0 Å². The van der Waals surface area contributed by atoms with E-state index >= 15 is 0 Å². The highest BCUT2D eigenvalue weighted by Crippen LogP contribution is 2.33. The molecule has 1 aromatic carbocycles. The van der Waals surface area contributed by atoms with Crippen LogP contribution in [0.15, 0.2) is 28.1 Å². The highest BCUT2D eigenvalue weighted by atomic mass is 32.2. The van der Waals surface area contributed by atoms with Crippen molar-refractivity contribution in [1.82, 2.24) is 4.90 Å². The Bertz CT molecular complexity index is 727. The Morgan fingerprint density at radius 1 is 1.22 bits per heavy atom. The predicted molar refractivity (Wildman–Crippen MR) is 108 cm³/mol. The third-order valence-corrected chi connectivity index (χ3v) is 5.26. The van der Waals surface area contributed by atoms with Crippen LogP contribution in [0, 0.1) is 0 Å². The number of carbonyl (C=O) groups is 1. The standard InChI is InChI=1S/C20H26N2O4S/c1-3-5-10-26-16-7-6-15(13-17(16)25-4-2)14-18-19(23)21-20(27-18)22-8-11-24-12-9-22/h6-7,13-14H,3-5,8-12H2,1-2H3. The number of nitrogens with zero attached hydrogens (tertiary/aromatic N) is 2. The van der Waals surface area contributed by atoms with E-state index in [2.05, 4.69) is 16.8 Å². The summed E-state index contributed by atoms with van der Waals surface area (Å²) in [6, 6.07) is 5.76. The number of rotatable bonds is 7. The first kappa shape index (κ1) is 19.8. The lowest BCUT2D eigenvalue weighted by molar-refractivity contribution is -0.113. The molecule has 6 nitrogen and oxygen atoms in total. The highest BCUT2D eigenvalue weighted by Gasteiger charge is 2.27. The van der Waals surface area contributed by atoms with Crippen LogP contribution in [-0.2, 0) is 9.53 Å². The van der Waals surface area contributed by atoms with Gasteiger partial charge in [0, 0.05) is 13.1 Å². The first-order valence-electron chi connectivity index (χ1n) is 9.46. The first-order chi connectivity index (χ1) is 13.2. The van der Waals surface area contributed by atoms with E-state index in [1.807, 2.05) is 31.2 Å². The van der Waals surface area contributed by atoms with Crippen LogP contribution in [0.2, 0.25) is 0 Å². The third kappa shape index (κ3) is 5.26. The van der Waals surface area contributed by atoms with Crippen molar-refractivity contribution in [3.63, 3.8) is 0 Å². The Kier molecular flexibility index (Phi) is 7.18. The van der Waals surface area contributed by atoms with Crippen LogP contribution in [-0.4, -0.2) is 55.5 Å². The first-order valence-corrected chi connectivity index (χ1v) is 10.3. The molecule has 0 unspecified atom stereocenters.